The second-order valence-corrected chi connectivity index (χ2v) is 6.81. The summed E-state index contributed by atoms with van der Waals surface area (Å²) in [6.07, 6.45) is 3.26. The number of hydrazone groups is 1. The molecule has 0 saturated heterocycles. The summed E-state index contributed by atoms with van der Waals surface area (Å²) in [7, 11) is 0. The van der Waals surface area contributed by atoms with Crippen molar-refractivity contribution in [3.8, 4) is 6.07 Å². The topological polar surface area (TPSA) is 78.9 Å². The van der Waals surface area contributed by atoms with Crippen LogP contribution in [-0.2, 0) is 6.54 Å². The molecule has 2 heterocycles. The van der Waals surface area contributed by atoms with Crippen LogP contribution >= 0.6 is 0 Å². The van der Waals surface area contributed by atoms with Crippen LogP contribution in [0.5, 0.6) is 0 Å². The highest BCUT2D eigenvalue weighted by Crippen LogP contribution is 2.29. The predicted molar refractivity (Wildman–Crippen MR) is 115 cm³/mol. The second-order valence-electron chi connectivity index (χ2n) is 6.81. The zero-order chi connectivity index (χ0) is 20.2. The minimum absolute atomic E-state index is 0.624. The zero-order valence-corrected chi connectivity index (χ0v) is 16.3. The van der Waals surface area contributed by atoms with Crippen LogP contribution in [-0.4, -0.2) is 20.7 Å². The Morgan fingerprint density at radius 3 is 2.55 bits per heavy atom. The van der Waals surface area contributed by atoms with Crippen LogP contribution in [0.1, 0.15) is 27.9 Å². The van der Waals surface area contributed by atoms with Crippen molar-refractivity contribution >= 4 is 23.1 Å². The molecular formula is C23H20N6. The molecule has 0 fully saturated rings. The summed E-state index contributed by atoms with van der Waals surface area (Å²) in [5.41, 5.74) is 8.97. The lowest BCUT2D eigenvalue weighted by Gasteiger charge is -2.08. The third-order valence-electron chi connectivity index (χ3n) is 5.01. The van der Waals surface area contributed by atoms with Crippen LogP contribution in [0.3, 0.4) is 0 Å². The standard InChI is InChI=1S/C23H20N6/c1-16-17(2)29(14-20-6-4-3-5-7-20)23-21(16)22(25-15-26-23)28-27-13-19-10-8-18(12-24)9-11-19/h3-11,13,15H,14H2,1-2H3,(H,25,26,28). The van der Waals surface area contributed by atoms with Crippen molar-refractivity contribution < 1.29 is 0 Å². The van der Waals surface area contributed by atoms with Crippen LogP contribution < -0.4 is 5.43 Å². The molecule has 4 rings (SSSR count). The van der Waals surface area contributed by atoms with Gasteiger partial charge in [0.05, 0.1) is 23.2 Å². The van der Waals surface area contributed by atoms with Gasteiger partial charge in [-0.05, 0) is 42.7 Å². The molecule has 0 aliphatic rings. The third-order valence-corrected chi connectivity index (χ3v) is 5.01. The first-order chi connectivity index (χ1) is 14.2. The number of benzene rings is 2. The lowest BCUT2D eigenvalue weighted by Crippen LogP contribution is -2.03. The Balaban J connectivity index is 1.64. The van der Waals surface area contributed by atoms with E-state index in [0.29, 0.717) is 11.4 Å². The maximum atomic E-state index is 8.89. The highest BCUT2D eigenvalue weighted by atomic mass is 15.3. The summed E-state index contributed by atoms with van der Waals surface area (Å²) in [5, 5.41) is 14.2. The molecule has 0 spiro atoms. The van der Waals surface area contributed by atoms with Crippen LogP contribution in [0.15, 0.2) is 66.0 Å². The van der Waals surface area contributed by atoms with Crippen LogP contribution in [0, 0.1) is 25.2 Å². The third kappa shape index (κ3) is 3.71. The molecule has 0 amide bonds. The van der Waals surface area contributed by atoms with Crippen LogP contribution in [0.25, 0.3) is 11.0 Å². The smallest absolute Gasteiger partial charge is 0.159 e. The van der Waals surface area contributed by atoms with Crippen molar-refractivity contribution in [3.63, 3.8) is 0 Å². The highest BCUT2D eigenvalue weighted by Gasteiger charge is 2.16. The van der Waals surface area contributed by atoms with Crippen molar-refractivity contribution in [2.24, 2.45) is 5.10 Å². The van der Waals surface area contributed by atoms with Gasteiger partial charge in [-0.3, -0.25) is 5.43 Å². The molecule has 0 saturated carbocycles. The van der Waals surface area contributed by atoms with Gasteiger partial charge < -0.3 is 4.57 Å². The Bertz CT molecular complexity index is 1210. The number of nitrogens with zero attached hydrogens (tertiary/aromatic N) is 5. The number of nitrogens with one attached hydrogen (secondary N) is 1. The zero-order valence-electron chi connectivity index (χ0n) is 16.3. The number of hydrogen-bond acceptors (Lipinski definition) is 5. The first kappa shape index (κ1) is 18.4. The van der Waals surface area contributed by atoms with Gasteiger partial charge in [0.1, 0.15) is 12.0 Å². The molecule has 0 bridgehead atoms. The minimum Gasteiger partial charge on any atom is -0.325 e. The molecule has 0 aliphatic carbocycles. The maximum absolute atomic E-state index is 8.89. The van der Waals surface area contributed by atoms with Crippen molar-refractivity contribution in [2.45, 2.75) is 20.4 Å². The Morgan fingerprint density at radius 1 is 1.07 bits per heavy atom. The Hall–Kier alpha value is -3.98. The summed E-state index contributed by atoms with van der Waals surface area (Å²) in [6, 6.07) is 19.7. The summed E-state index contributed by atoms with van der Waals surface area (Å²) in [6.45, 7) is 4.93. The Kier molecular flexibility index (Phi) is 5.04. The molecule has 2 aromatic heterocycles. The lowest BCUT2D eigenvalue weighted by atomic mass is 10.2. The average molecular weight is 380 g/mol. The molecule has 6 nitrogen and oxygen atoms in total. The Morgan fingerprint density at radius 2 is 1.83 bits per heavy atom. The van der Waals surface area contributed by atoms with E-state index >= 15 is 0 Å². The first-order valence-electron chi connectivity index (χ1n) is 9.31. The summed E-state index contributed by atoms with van der Waals surface area (Å²) in [5.74, 6) is 0.673. The van der Waals surface area contributed by atoms with Gasteiger partial charge in [0.2, 0.25) is 0 Å². The molecular weight excluding hydrogens is 360 g/mol. The van der Waals surface area contributed by atoms with Crippen LogP contribution in [0.2, 0.25) is 0 Å². The van der Waals surface area contributed by atoms with Gasteiger partial charge in [-0.15, -0.1) is 0 Å². The Labute approximate surface area is 169 Å². The summed E-state index contributed by atoms with van der Waals surface area (Å²) < 4.78 is 2.21. The number of hydrogen-bond donors (Lipinski definition) is 1. The molecule has 4 aromatic rings. The number of fused-ring (bicyclic) bond motifs is 1. The number of aromatic nitrogens is 3. The van der Waals surface area contributed by atoms with Crippen LogP contribution in [0.4, 0.5) is 5.82 Å². The second kappa shape index (κ2) is 7.95. The predicted octanol–water partition coefficient (Wildman–Crippen LogP) is 4.41. The fourth-order valence-electron chi connectivity index (χ4n) is 3.32. The summed E-state index contributed by atoms with van der Waals surface area (Å²) in [4.78, 5) is 8.93. The quantitative estimate of drug-likeness (QED) is 0.411. The van der Waals surface area contributed by atoms with Gasteiger partial charge in [0, 0.05) is 12.2 Å². The van der Waals surface area contributed by atoms with E-state index in [9.17, 15) is 0 Å². The van der Waals surface area contributed by atoms with Crippen molar-refractivity contribution in [1.29, 1.82) is 5.26 Å². The largest absolute Gasteiger partial charge is 0.325 e. The van der Waals surface area contributed by atoms with E-state index in [2.05, 4.69) is 57.1 Å². The number of anilines is 1. The number of nitriles is 1. The fraction of sp³-hybridized carbons (Fsp3) is 0.130. The van der Waals surface area contributed by atoms with E-state index in [1.165, 1.54) is 5.56 Å². The molecule has 0 radical (unpaired) electrons. The SMILES string of the molecule is Cc1c(C)n(Cc2ccccc2)c2ncnc(NN=Cc3ccc(C#N)cc3)c12. The van der Waals surface area contributed by atoms with Gasteiger partial charge in [0.15, 0.2) is 5.82 Å². The van der Waals surface area contributed by atoms with Crippen molar-refractivity contribution in [2.75, 3.05) is 5.43 Å². The fourth-order valence-corrected chi connectivity index (χ4v) is 3.32. The van der Waals surface area contributed by atoms with E-state index in [1.54, 1.807) is 24.7 Å². The normalized spacial score (nSPS) is 11.1. The van der Waals surface area contributed by atoms with Gasteiger partial charge in [0.25, 0.3) is 0 Å². The van der Waals surface area contributed by atoms with E-state index in [4.69, 9.17) is 5.26 Å². The molecule has 142 valence electrons. The van der Waals surface area contributed by atoms with E-state index in [1.807, 2.05) is 30.3 Å². The molecule has 0 unspecified atom stereocenters. The molecule has 1 N–H and O–H groups in total. The molecule has 29 heavy (non-hydrogen) atoms. The molecule has 2 aromatic carbocycles. The van der Waals surface area contributed by atoms with E-state index in [0.717, 1.165) is 34.4 Å². The monoisotopic (exact) mass is 380 g/mol. The summed E-state index contributed by atoms with van der Waals surface area (Å²) >= 11 is 0. The highest BCUT2D eigenvalue weighted by molar-refractivity contribution is 5.92. The van der Waals surface area contributed by atoms with Crippen molar-refractivity contribution in [3.05, 3.63) is 88.9 Å². The van der Waals surface area contributed by atoms with E-state index in [-0.39, 0.29) is 0 Å². The molecule has 6 heteroatoms. The molecule has 0 atom stereocenters. The van der Waals surface area contributed by atoms with Gasteiger partial charge in [-0.2, -0.15) is 10.4 Å². The number of rotatable bonds is 5. The van der Waals surface area contributed by atoms with Crippen molar-refractivity contribution in [1.82, 2.24) is 14.5 Å². The van der Waals surface area contributed by atoms with E-state index < -0.39 is 0 Å². The lowest BCUT2D eigenvalue weighted by molar-refractivity contribution is 0.790. The van der Waals surface area contributed by atoms with Gasteiger partial charge in [-0.25, -0.2) is 9.97 Å². The maximum Gasteiger partial charge on any atom is 0.159 e. The number of aryl methyl sites for hydroxylation is 1. The van der Waals surface area contributed by atoms with Gasteiger partial charge in [-0.1, -0.05) is 42.5 Å². The van der Waals surface area contributed by atoms with Gasteiger partial charge >= 0.3 is 0 Å². The average Bonchev–Trinajstić information content (AvgIpc) is 3.00. The first-order valence-corrected chi connectivity index (χ1v) is 9.31. The minimum atomic E-state index is 0.624. The molecule has 0 aliphatic heterocycles.